The lowest BCUT2D eigenvalue weighted by Gasteiger charge is -2.33. The first-order chi connectivity index (χ1) is 24.0. The maximum absolute atomic E-state index is 15.0. The molecule has 2 atom stereocenters. The number of esters is 2. The number of halogens is 4. The second-order valence-corrected chi connectivity index (χ2v) is 12.8. The summed E-state index contributed by atoms with van der Waals surface area (Å²) in [6.45, 7) is 5.07. The first-order valence-corrected chi connectivity index (χ1v) is 17.8. The molecule has 1 unspecified atom stereocenters. The van der Waals surface area contributed by atoms with Crippen molar-refractivity contribution in [1.29, 1.82) is 0 Å². The van der Waals surface area contributed by atoms with E-state index < -0.39 is 35.7 Å². The predicted molar refractivity (Wildman–Crippen MR) is 184 cm³/mol. The van der Waals surface area contributed by atoms with Crippen LogP contribution in [0, 0.1) is 11.7 Å². The van der Waals surface area contributed by atoms with Gasteiger partial charge in [-0.1, -0.05) is 83.1 Å². The zero-order valence-corrected chi connectivity index (χ0v) is 29.2. The summed E-state index contributed by atoms with van der Waals surface area (Å²) >= 11 is 0. The molecule has 6 nitrogen and oxygen atoms in total. The van der Waals surface area contributed by atoms with E-state index in [4.69, 9.17) is 14.2 Å². The molecule has 3 aromatic rings. The number of carbonyl (C=O) groups excluding carboxylic acids is 2. The van der Waals surface area contributed by atoms with Gasteiger partial charge in [-0.2, -0.15) is 13.2 Å². The van der Waals surface area contributed by atoms with E-state index in [-0.39, 0.29) is 18.5 Å². The summed E-state index contributed by atoms with van der Waals surface area (Å²) in [4.78, 5) is 25.6. The number of rotatable bonds is 18. The minimum absolute atomic E-state index is 0.292. The van der Waals surface area contributed by atoms with E-state index in [1.54, 1.807) is 24.3 Å². The second-order valence-electron chi connectivity index (χ2n) is 12.8. The quantitative estimate of drug-likeness (QED) is 0.0433. The third kappa shape index (κ3) is 10.3. The first-order valence-electron chi connectivity index (χ1n) is 17.8. The van der Waals surface area contributed by atoms with Gasteiger partial charge in [0.15, 0.2) is 0 Å². The van der Waals surface area contributed by atoms with Crippen LogP contribution in [0.25, 0.3) is 11.1 Å². The van der Waals surface area contributed by atoms with Gasteiger partial charge in [-0.3, -0.25) is 4.79 Å². The average molecular weight is 701 g/mol. The number of benzene rings is 3. The molecule has 0 radical (unpaired) electrons. The number of carbonyl (C=O) groups is 2. The molecule has 272 valence electrons. The van der Waals surface area contributed by atoms with Crippen molar-refractivity contribution in [2.45, 2.75) is 110 Å². The highest BCUT2D eigenvalue weighted by atomic mass is 19.4. The molecule has 0 saturated heterocycles. The molecule has 0 aliphatic heterocycles. The minimum Gasteiger partial charge on any atom is -0.494 e. The topological polar surface area (TPSA) is 71.1 Å². The van der Waals surface area contributed by atoms with Gasteiger partial charge in [-0.05, 0) is 91.3 Å². The van der Waals surface area contributed by atoms with E-state index in [1.807, 2.05) is 12.1 Å². The standard InChI is InChI=1S/C40H48F4O6/c1-4-7-8-9-10-11-12-13-24-47-34-22-18-29-25-32(15-14-30(29)26-34)37(45)49-33-20-16-28(17-21-33)31-19-23-35(36(41)27-31)38(46)50-39(5-2,48-6-3)40(42,43)44/h16-23,26-27,32H,4-15,24-25H2,1-3H3/t32?,39-/m1/s1. The van der Waals surface area contributed by atoms with Crippen LogP contribution in [0.3, 0.4) is 0 Å². The van der Waals surface area contributed by atoms with Crippen molar-refractivity contribution in [3.63, 3.8) is 0 Å². The summed E-state index contributed by atoms with van der Waals surface area (Å²) < 4.78 is 77.1. The zero-order chi connectivity index (χ0) is 36.1. The van der Waals surface area contributed by atoms with Gasteiger partial charge < -0.3 is 18.9 Å². The lowest BCUT2D eigenvalue weighted by molar-refractivity contribution is -0.361. The Labute approximate surface area is 292 Å². The highest BCUT2D eigenvalue weighted by molar-refractivity contribution is 5.90. The SMILES string of the molecule is CCCCCCCCCCOc1ccc2c(c1)CCC(C(=O)Oc1ccc(-c3ccc(C(=O)O[C@@](CC)(OCC)C(F)(F)F)c(F)c3)cc1)C2. The highest BCUT2D eigenvalue weighted by Crippen LogP contribution is 2.39. The van der Waals surface area contributed by atoms with E-state index in [0.29, 0.717) is 36.3 Å². The molecule has 10 heteroatoms. The third-order valence-electron chi connectivity index (χ3n) is 9.13. The van der Waals surface area contributed by atoms with E-state index in [9.17, 15) is 27.2 Å². The largest absolute Gasteiger partial charge is 0.494 e. The van der Waals surface area contributed by atoms with E-state index in [2.05, 4.69) is 17.7 Å². The molecule has 0 N–H and O–H groups in total. The second kappa shape index (κ2) is 18.4. The van der Waals surface area contributed by atoms with Gasteiger partial charge >= 0.3 is 23.9 Å². The van der Waals surface area contributed by atoms with Crippen LogP contribution >= 0.6 is 0 Å². The first kappa shape index (κ1) is 38.9. The number of ether oxygens (including phenoxy) is 4. The number of fused-ring (bicyclic) bond motifs is 1. The Morgan fingerprint density at radius 3 is 2.08 bits per heavy atom. The predicted octanol–water partition coefficient (Wildman–Crippen LogP) is 10.6. The van der Waals surface area contributed by atoms with Crippen LogP contribution in [0.15, 0.2) is 60.7 Å². The molecule has 4 rings (SSSR count). The summed E-state index contributed by atoms with van der Waals surface area (Å²) in [6.07, 6.45) is 6.28. The zero-order valence-electron chi connectivity index (χ0n) is 29.2. The Morgan fingerprint density at radius 1 is 0.780 bits per heavy atom. The summed E-state index contributed by atoms with van der Waals surface area (Å²) in [6, 6.07) is 16.0. The van der Waals surface area contributed by atoms with Crippen molar-refractivity contribution >= 4 is 11.9 Å². The van der Waals surface area contributed by atoms with Crippen LogP contribution in [-0.2, 0) is 27.1 Å². The number of aryl methyl sites for hydroxylation is 1. The Hall–Kier alpha value is -3.92. The van der Waals surface area contributed by atoms with Crippen molar-refractivity contribution in [1.82, 2.24) is 0 Å². The molecule has 0 heterocycles. The summed E-state index contributed by atoms with van der Waals surface area (Å²) in [5.74, 6) is -5.15. The van der Waals surface area contributed by atoms with E-state index in [0.717, 1.165) is 43.2 Å². The maximum atomic E-state index is 15.0. The molecule has 50 heavy (non-hydrogen) atoms. The number of alkyl halides is 3. The van der Waals surface area contributed by atoms with Gasteiger partial charge in [0.05, 0.1) is 18.1 Å². The summed E-state index contributed by atoms with van der Waals surface area (Å²) in [7, 11) is 0. The number of unbranched alkanes of at least 4 members (excludes halogenated alkanes) is 7. The molecular formula is C40H48F4O6. The fourth-order valence-corrected chi connectivity index (χ4v) is 6.21. The fraction of sp³-hybridized carbons (Fsp3) is 0.500. The molecular weight excluding hydrogens is 652 g/mol. The summed E-state index contributed by atoms with van der Waals surface area (Å²) in [5, 5.41) is 0. The van der Waals surface area contributed by atoms with Gasteiger partial charge in [0.2, 0.25) is 0 Å². The van der Waals surface area contributed by atoms with Gasteiger partial charge in [0, 0.05) is 13.0 Å². The van der Waals surface area contributed by atoms with Gasteiger partial charge in [-0.25, -0.2) is 9.18 Å². The van der Waals surface area contributed by atoms with Gasteiger partial charge in [0.25, 0.3) is 0 Å². The van der Waals surface area contributed by atoms with Gasteiger partial charge in [-0.15, -0.1) is 0 Å². The lowest BCUT2D eigenvalue weighted by Crippen LogP contribution is -2.51. The average Bonchev–Trinajstić information content (AvgIpc) is 3.10. The Bertz CT molecular complexity index is 1550. The van der Waals surface area contributed by atoms with Crippen LogP contribution < -0.4 is 9.47 Å². The van der Waals surface area contributed by atoms with Crippen molar-refractivity contribution in [2.24, 2.45) is 5.92 Å². The van der Waals surface area contributed by atoms with Crippen LogP contribution in [0.2, 0.25) is 0 Å². The molecule has 1 aliphatic carbocycles. The molecule has 0 bridgehead atoms. The van der Waals surface area contributed by atoms with Crippen LogP contribution in [-0.4, -0.2) is 37.1 Å². The minimum atomic E-state index is -5.01. The normalized spacial score (nSPS) is 15.5. The highest BCUT2D eigenvalue weighted by Gasteiger charge is 2.59. The fourth-order valence-electron chi connectivity index (χ4n) is 6.21. The summed E-state index contributed by atoms with van der Waals surface area (Å²) in [5.41, 5.74) is 2.56. The van der Waals surface area contributed by atoms with E-state index >= 15 is 0 Å². The van der Waals surface area contributed by atoms with Gasteiger partial charge in [0.1, 0.15) is 17.3 Å². The molecule has 0 fully saturated rings. The van der Waals surface area contributed by atoms with E-state index in [1.165, 1.54) is 63.5 Å². The molecule has 0 spiro atoms. The number of hydrogen-bond donors (Lipinski definition) is 0. The Kier molecular flexibility index (Phi) is 14.3. The molecule has 1 aliphatic rings. The van der Waals surface area contributed by atoms with Crippen molar-refractivity contribution in [3.05, 3.63) is 83.2 Å². The Balaban J connectivity index is 1.28. The molecule has 0 saturated carbocycles. The molecule has 3 aromatic carbocycles. The van der Waals surface area contributed by atoms with Crippen LogP contribution in [0.1, 0.15) is 106 Å². The van der Waals surface area contributed by atoms with Crippen molar-refractivity contribution in [3.8, 4) is 22.6 Å². The third-order valence-corrected chi connectivity index (χ3v) is 9.13. The molecule has 0 amide bonds. The molecule has 0 aromatic heterocycles. The smallest absolute Gasteiger partial charge is 0.455 e. The van der Waals surface area contributed by atoms with Crippen molar-refractivity contribution < 1.29 is 46.1 Å². The van der Waals surface area contributed by atoms with Crippen molar-refractivity contribution in [2.75, 3.05) is 13.2 Å². The monoisotopic (exact) mass is 700 g/mol. The lowest BCUT2D eigenvalue weighted by atomic mass is 9.84. The number of hydrogen-bond acceptors (Lipinski definition) is 6. The van der Waals surface area contributed by atoms with Crippen LogP contribution in [0.5, 0.6) is 11.5 Å². The maximum Gasteiger partial charge on any atom is 0.455 e. The Morgan fingerprint density at radius 2 is 1.44 bits per heavy atom. The van der Waals surface area contributed by atoms with Crippen LogP contribution in [0.4, 0.5) is 17.6 Å².